The second-order valence-corrected chi connectivity index (χ2v) is 6.48. The lowest BCUT2D eigenvalue weighted by Gasteiger charge is -2.11. The van der Waals surface area contributed by atoms with E-state index in [1.165, 1.54) is 24.2 Å². The Labute approximate surface area is 138 Å². The number of nitrogens with zero attached hydrogens (tertiary/aromatic N) is 2. The third kappa shape index (κ3) is 2.80. The highest BCUT2D eigenvalue weighted by Crippen LogP contribution is 2.29. The van der Waals surface area contributed by atoms with Gasteiger partial charge in [-0.15, -0.1) is 0 Å². The molecule has 0 bridgehead atoms. The Bertz CT molecular complexity index is 812. The van der Waals surface area contributed by atoms with Crippen molar-refractivity contribution in [1.82, 2.24) is 9.55 Å². The second kappa shape index (κ2) is 6.01. The van der Waals surface area contributed by atoms with Gasteiger partial charge in [-0.05, 0) is 30.4 Å². The van der Waals surface area contributed by atoms with Crippen molar-refractivity contribution >= 4 is 22.9 Å². The summed E-state index contributed by atoms with van der Waals surface area (Å²) in [6.07, 6.45) is 5.54. The SMILES string of the molecule is O=C(Nc1ccccc1-c1cn2c(n1)CCCC2)c1ccsc1. The number of aryl methyl sites for hydroxylation is 2. The van der Waals surface area contributed by atoms with Crippen LogP contribution in [0.3, 0.4) is 0 Å². The van der Waals surface area contributed by atoms with Gasteiger partial charge >= 0.3 is 0 Å². The van der Waals surface area contributed by atoms with Gasteiger partial charge in [-0.25, -0.2) is 4.98 Å². The van der Waals surface area contributed by atoms with E-state index in [1.54, 1.807) is 0 Å². The summed E-state index contributed by atoms with van der Waals surface area (Å²) in [7, 11) is 0. The quantitative estimate of drug-likeness (QED) is 0.785. The highest BCUT2D eigenvalue weighted by atomic mass is 32.1. The first kappa shape index (κ1) is 14.2. The first-order chi connectivity index (χ1) is 11.3. The maximum absolute atomic E-state index is 12.3. The average molecular weight is 323 g/mol. The molecule has 0 fully saturated rings. The van der Waals surface area contributed by atoms with E-state index in [-0.39, 0.29) is 5.91 Å². The fourth-order valence-corrected chi connectivity index (χ4v) is 3.58. The van der Waals surface area contributed by atoms with Gasteiger partial charge < -0.3 is 9.88 Å². The van der Waals surface area contributed by atoms with Crippen molar-refractivity contribution in [2.75, 3.05) is 5.32 Å². The summed E-state index contributed by atoms with van der Waals surface area (Å²) >= 11 is 1.52. The number of hydrogen-bond donors (Lipinski definition) is 1. The molecule has 1 amide bonds. The summed E-state index contributed by atoms with van der Waals surface area (Å²) in [4.78, 5) is 17.1. The molecule has 0 unspecified atom stereocenters. The molecular weight excluding hydrogens is 306 g/mol. The Morgan fingerprint density at radius 3 is 2.96 bits per heavy atom. The van der Waals surface area contributed by atoms with Gasteiger partial charge in [-0.1, -0.05) is 18.2 Å². The van der Waals surface area contributed by atoms with E-state index >= 15 is 0 Å². The highest BCUT2D eigenvalue weighted by molar-refractivity contribution is 7.08. The van der Waals surface area contributed by atoms with Gasteiger partial charge in [0, 0.05) is 30.1 Å². The van der Waals surface area contributed by atoms with Crippen LogP contribution in [0, 0.1) is 0 Å². The van der Waals surface area contributed by atoms with Gasteiger partial charge in [0.25, 0.3) is 5.91 Å². The highest BCUT2D eigenvalue weighted by Gasteiger charge is 2.16. The number of nitrogens with one attached hydrogen (secondary N) is 1. The monoisotopic (exact) mass is 323 g/mol. The molecule has 116 valence electrons. The van der Waals surface area contributed by atoms with Gasteiger partial charge in [0.1, 0.15) is 5.82 Å². The van der Waals surface area contributed by atoms with Crippen LogP contribution >= 0.6 is 11.3 Å². The van der Waals surface area contributed by atoms with Crippen molar-refractivity contribution in [2.45, 2.75) is 25.8 Å². The molecule has 1 aliphatic rings. The summed E-state index contributed by atoms with van der Waals surface area (Å²) in [6, 6.07) is 9.68. The smallest absolute Gasteiger partial charge is 0.256 e. The summed E-state index contributed by atoms with van der Waals surface area (Å²) in [5, 5.41) is 6.77. The number of fused-ring (bicyclic) bond motifs is 1. The molecule has 3 heterocycles. The van der Waals surface area contributed by atoms with Crippen molar-refractivity contribution in [3.63, 3.8) is 0 Å². The van der Waals surface area contributed by atoms with Gasteiger partial charge in [-0.3, -0.25) is 4.79 Å². The molecule has 1 aliphatic heterocycles. The Kier molecular flexibility index (Phi) is 3.71. The summed E-state index contributed by atoms with van der Waals surface area (Å²) in [6.45, 7) is 1.03. The van der Waals surface area contributed by atoms with Crippen LogP contribution in [0.4, 0.5) is 5.69 Å². The van der Waals surface area contributed by atoms with E-state index in [1.807, 2.05) is 41.1 Å². The van der Waals surface area contributed by atoms with Gasteiger partial charge in [0.15, 0.2) is 0 Å². The van der Waals surface area contributed by atoms with Gasteiger partial charge in [0.05, 0.1) is 16.9 Å². The Balaban J connectivity index is 1.67. The Morgan fingerprint density at radius 2 is 2.13 bits per heavy atom. The molecule has 0 atom stereocenters. The maximum atomic E-state index is 12.3. The van der Waals surface area contributed by atoms with Crippen molar-refractivity contribution in [2.24, 2.45) is 0 Å². The van der Waals surface area contributed by atoms with Crippen LogP contribution in [0.5, 0.6) is 0 Å². The molecule has 23 heavy (non-hydrogen) atoms. The maximum Gasteiger partial charge on any atom is 0.256 e. The largest absolute Gasteiger partial charge is 0.334 e. The van der Waals surface area contributed by atoms with E-state index < -0.39 is 0 Å². The second-order valence-electron chi connectivity index (χ2n) is 5.70. The predicted molar refractivity (Wildman–Crippen MR) is 92.9 cm³/mol. The molecule has 0 saturated heterocycles. The van der Waals surface area contributed by atoms with Gasteiger partial charge in [-0.2, -0.15) is 11.3 Å². The molecule has 4 rings (SSSR count). The first-order valence-corrected chi connectivity index (χ1v) is 8.74. The molecule has 2 aromatic heterocycles. The topological polar surface area (TPSA) is 46.9 Å². The normalized spacial score (nSPS) is 13.6. The fourth-order valence-electron chi connectivity index (χ4n) is 2.95. The number of para-hydroxylation sites is 1. The van der Waals surface area contributed by atoms with Crippen molar-refractivity contribution < 1.29 is 4.79 Å². The zero-order chi connectivity index (χ0) is 15.6. The van der Waals surface area contributed by atoms with E-state index in [0.29, 0.717) is 5.56 Å². The molecule has 0 radical (unpaired) electrons. The molecular formula is C18H17N3OS. The van der Waals surface area contributed by atoms with E-state index in [2.05, 4.69) is 16.1 Å². The van der Waals surface area contributed by atoms with E-state index in [0.717, 1.165) is 35.7 Å². The molecule has 5 heteroatoms. The van der Waals surface area contributed by atoms with Crippen LogP contribution in [0.25, 0.3) is 11.3 Å². The van der Waals surface area contributed by atoms with Crippen LogP contribution < -0.4 is 5.32 Å². The number of anilines is 1. The molecule has 0 spiro atoms. The predicted octanol–water partition coefficient (Wildman–Crippen LogP) is 4.20. The van der Waals surface area contributed by atoms with E-state index in [4.69, 9.17) is 4.98 Å². The molecule has 4 nitrogen and oxygen atoms in total. The number of thiophene rings is 1. The zero-order valence-corrected chi connectivity index (χ0v) is 13.5. The molecule has 3 aromatic rings. The standard InChI is InChI=1S/C18H17N3OS/c22-18(13-8-10-23-12-13)20-15-6-2-1-5-14(15)16-11-21-9-4-3-7-17(21)19-16/h1-2,5-6,8,10-12H,3-4,7,9H2,(H,20,22). The number of benzene rings is 1. The number of hydrogen-bond acceptors (Lipinski definition) is 3. The molecule has 0 aliphatic carbocycles. The fraction of sp³-hybridized carbons (Fsp3) is 0.222. The van der Waals surface area contributed by atoms with Crippen LogP contribution in [0.15, 0.2) is 47.3 Å². The third-order valence-corrected chi connectivity index (χ3v) is 4.83. The van der Waals surface area contributed by atoms with Crippen LogP contribution in [0.2, 0.25) is 0 Å². The lowest BCUT2D eigenvalue weighted by Crippen LogP contribution is -2.11. The minimum Gasteiger partial charge on any atom is -0.334 e. The van der Waals surface area contributed by atoms with Crippen molar-refractivity contribution in [3.8, 4) is 11.3 Å². The number of aromatic nitrogens is 2. The molecule has 1 N–H and O–H groups in total. The van der Waals surface area contributed by atoms with E-state index in [9.17, 15) is 4.79 Å². The number of carbonyl (C=O) groups excluding carboxylic acids is 1. The van der Waals surface area contributed by atoms with Crippen LogP contribution in [-0.2, 0) is 13.0 Å². The Morgan fingerprint density at radius 1 is 1.22 bits per heavy atom. The van der Waals surface area contributed by atoms with Gasteiger partial charge in [0.2, 0.25) is 0 Å². The Hall–Kier alpha value is -2.40. The number of carbonyl (C=O) groups is 1. The summed E-state index contributed by atoms with van der Waals surface area (Å²) < 4.78 is 2.23. The lowest BCUT2D eigenvalue weighted by atomic mass is 10.1. The first-order valence-electron chi connectivity index (χ1n) is 7.80. The van der Waals surface area contributed by atoms with Crippen molar-refractivity contribution in [3.05, 3.63) is 58.7 Å². The summed E-state index contributed by atoms with van der Waals surface area (Å²) in [5.41, 5.74) is 3.40. The summed E-state index contributed by atoms with van der Waals surface area (Å²) in [5.74, 6) is 1.06. The molecule has 1 aromatic carbocycles. The minimum absolute atomic E-state index is 0.0809. The van der Waals surface area contributed by atoms with Crippen molar-refractivity contribution in [1.29, 1.82) is 0 Å². The van der Waals surface area contributed by atoms with Crippen LogP contribution in [-0.4, -0.2) is 15.5 Å². The third-order valence-electron chi connectivity index (χ3n) is 4.14. The minimum atomic E-state index is -0.0809. The van der Waals surface area contributed by atoms with Crippen LogP contribution in [0.1, 0.15) is 29.0 Å². The average Bonchev–Trinajstić information content (AvgIpc) is 3.25. The number of rotatable bonds is 3. The number of amides is 1. The molecule has 0 saturated carbocycles. The zero-order valence-electron chi connectivity index (χ0n) is 12.7. The lowest BCUT2D eigenvalue weighted by molar-refractivity contribution is 0.102. The number of imidazole rings is 1.